The van der Waals surface area contributed by atoms with Crippen LogP contribution in [0.4, 0.5) is 5.69 Å². The molecule has 1 atom stereocenters. The number of carbonyl (C=O) groups is 2. The predicted molar refractivity (Wildman–Crippen MR) is 133 cm³/mol. The van der Waals surface area contributed by atoms with Crippen LogP contribution < -0.4 is 9.62 Å². The van der Waals surface area contributed by atoms with Crippen LogP contribution in [0.1, 0.15) is 42.5 Å². The average molecular weight is 474 g/mol. The van der Waals surface area contributed by atoms with Gasteiger partial charge < -0.3 is 10.2 Å². The summed E-state index contributed by atoms with van der Waals surface area (Å²) in [5.41, 5.74) is 4.17. The lowest BCUT2D eigenvalue weighted by Gasteiger charge is -2.33. The van der Waals surface area contributed by atoms with Crippen molar-refractivity contribution in [2.24, 2.45) is 0 Å². The molecule has 0 saturated carbocycles. The number of aryl methyl sites for hydroxylation is 3. The van der Waals surface area contributed by atoms with Gasteiger partial charge in [0.05, 0.1) is 11.9 Å². The second-order valence-electron chi connectivity index (χ2n) is 8.39. The zero-order valence-corrected chi connectivity index (χ0v) is 21.2. The number of nitrogens with one attached hydrogen (secondary N) is 1. The summed E-state index contributed by atoms with van der Waals surface area (Å²) in [6.07, 6.45) is 1.50. The highest BCUT2D eigenvalue weighted by Crippen LogP contribution is 2.24. The Hall–Kier alpha value is -2.87. The Morgan fingerprint density at radius 3 is 2.09 bits per heavy atom. The van der Waals surface area contributed by atoms with E-state index in [1.165, 1.54) is 4.90 Å². The lowest BCUT2D eigenvalue weighted by Crippen LogP contribution is -2.52. The van der Waals surface area contributed by atoms with Crippen molar-refractivity contribution in [2.75, 3.05) is 23.7 Å². The highest BCUT2D eigenvalue weighted by molar-refractivity contribution is 7.92. The molecule has 0 bridgehead atoms. The summed E-state index contributed by atoms with van der Waals surface area (Å²) in [7, 11) is -3.74. The number of hydrogen-bond acceptors (Lipinski definition) is 4. The molecule has 0 saturated heterocycles. The molecule has 0 heterocycles. The standard InChI is InChI=1S/C25H35N3O4S/c1-7-22(25(30)26-8-2)27(16-21-12-9-18(3)10-13-21)24(29)17-28(33(6,31)32)23-14-11-19(4)15-20(23)5/h9-15,22H,7-8,16-17H2,1-6H3,(H,26,30). The third kappa shape index (κ3) is 7.05. The lowest BCUT2D eigenvalue weighted by atomic mass is 10.1. The first-order valence-corrected chi connectivity index (χ1v) is 13.0. The molecule has 2 aromatic rings. The van der Waals surface area contributed by atoms with Gasteiger partial charge in [0.2, 0.25) is 21.8 Å². The van der Waals surface area contributed by atoms with Crippen LogP contribution in [0.25, 0.3) is 0 Å². The topological polar surface area (TPSA) is 86.8 Å². The fraction of sp³-hybridized carbons (Fsp3) is 0.440. The molecule has 2 amide bonds. The maximum absolute atomic E-state index is 13.6. The number of sulfonamides is 1. The number of hydrogen-bond donors (Lipinski definition) is 1. The van der Waals surface area contributed by atoms with E-state index < -0.39 is 22.0 Å². The molecule has 1 N–H and O–H groups in total. The Kier molecular flexibility index (Phi) is 9.05. The smallest absolute Gasteiger partial charge is 0.244 e. The minimum absolute atomic E-state index is 0.208. The van der Waals surface area contributed by atoms with E-state index in [2.05, 4.69) is 5.32 Å². The second-order valence-corrected chi connectivity index (χ2v) is 10.3. The van der Waals surface area contributed by atoms with E-state index in [1.54, 1.807) is 6.07 Å². The lowest BCUT2D eigenvalue weighted by molar-refractivity contribution is -0.140. The fourth-order valence-corrected chi connectivity index (χ4v) is 4.69. The summed E-state index contributed by atoms with van der Waals surface area (Å²) >= 11 is 0. The van der Waals surface area contributed by atoms with Gasteiger partial charge in [-0.05, 0) is 51.3 Å². The van der Waals surface area contributed by atoms with E-state index in [-0.39, 0.29) is 19.0 Å². The molecule has 7 nitrogen and oxygen atoms in total. The van der Waals surface area contributed by atoms with Crippen LogP contribution in [0.15, 0.2) is 42.5 Å². The van der Waals surface area contributed by atoms with Crippen LogP contribution in [-0.2, 0) is 26.2 Å². The van der Waals surface area contributed by atoms with Crippen LogP contribution in [0.3, 0.4) is 0 Å². The van der Waals surface area contributed by atoms with E-state index in [1.807, 2.05) is 71.0 Å². The largest absolute Gasteiger partial charge is 0.355 e. The summed E-state index contributed by atoms with van der Waals surface area (Å²) < 4.78 is 26.5. The summed E-state index contributed by atoms with van der Waals surface area (Å²) in [5.74, 6) is -0.683. The zero-order valence-electron chi connectivity index (χ0n) is 20.4. The van der Waals surface area contributed by atoms with Crippen molar-refractivity contribution in [1.29, 1.82) is 0 Å². The molecule has 0 radical (unpaired) electrons. The van der Waals surface area contributed by atoms with Crippen molar-refractivity contribution >= 4 is 27.5 Å². The Bertz CT molecular complexity index is 1080. The summed E-state index contributed by atoms with van der Waals surface area (Å²) in [6, 6.07) is 12.4. The molecule has 0 aliphatic carbocycles. The molecule has 2 rings (SSSR count). The average Bonchev–Trinajstić information content (AvgIpc) is 2.73. The first-order chi connectivity index (χ1) is 15.5. The fourth-order valence-electron chi connectivity index (χ4n) is 3.78. The quantitative estimate of drug-likeness (QED) is 0.574. The Labute approximate surface area is 197 Å². The number of rotatable bonds is 10. The monoisotopic (exact) mass is 473 g/mol. The van der Waals surface area contributed by atoms with Crippen LogP contribution >= 0.6 is 0 Å². The van der Waals surface area contributed by atoms with Gasteiger partial charge in [0, 0.05) is 13.1 Å². The molecule has 0 aromatic heterocycles. The van der Waals surface area contributed by atoms with Gasteiger partial charge in [-0.3, -0.25) is 13.9 Å². The van der Waals surface area contributed by atoms with Crippen molar-refractivity contribution in [3.8, 4) is 0 Å². The number of anilines is 1. The zero-order chi connectivity index (χ0) is 24.8. The molecule has 0 spiro atoms. The van der Waals surface area contributed by atoms with Crippen molar-refractivity contribution in [3.05, 3.63) is 64.7 Å². The first-order valence-electron chi connectivity index (χ1n) is 11.2. The van der Waals surface area contributed by atoms with Crippen LogP contribution in [0.5, 0.6) is 0 Å². The van der Waals surface area contributed by atoms with Crippen molar-refractivity contribution in [3.63, 3.8) is 0 Å². The molecule has 0 aliphatic heterocycles. The van der Waals surface area contributed by atoms with Gasteiger partial charge in [0.15, 0.2) is 0 Å². The normalized spacial score (nSPS) is 12.2. The molecule has 33 heavy (non-hydrogen) atoms. The van der Waals surface area contributed by atoms with Crippen LogP contribution in [0, 0.1) is 20.8 Å². The molecular formula is C25H35N3O4S. The number of benzene rings is 2. The van der Waals surface area contributed by atoms with Crippen molar-refractivity contribution in [1.82, 2.24) is 10.2 Å². The molecule has 180 valence electrons. The molecule has 8 heteroatoms. The van der Waals surface area contributed by atoms with Gasteiger partial charge in [0.25, 0.3) is 0 Å². The van der Waals surface area contributed by atoms with E-state index in [9.17, 15) is 18.0 Å². The third-order valence-corrected chi connectivity index (χ3v) is 6.64. The maximum Gasteiger partial charge on any atom is 0.244 e. The summed E-state index contributed by atoms with van der Waals surface area (Å²) in [6.45, 7) is 9.65. The number of likely N-dealkylation sites (N-methyl/N-ethyl adjacent to an activating group) is 1. The van der Waals surface area contributed by atoms with Crippen LogP contribution in [-0.4, -0.2) is 50.5 Å². The summed E-state index contributed by atoms with van der Waals surface area (Å²) in [5, 5.41) is 2.79. The Morgan fingerprint density at radius 1 is 0.970 bits per heavy atom. The Morgan fingerprint density at radius 2 is 1.58 bits per heavy atom. The van der Waals surface area contributed by atoms with Gasteiger partial charge in [-0.15, -0.1) is 0 Å². The van der Waals surface area contributed by atoms with E-state index in [0.717, 1.165) is 32.8 Å². The first kappa shape index (κ1) is 26.4. The predicted octanol–water partition coefficient (Wildman–Crippen LogP) is 3.32. The van der Waals surface area contributed by atoms with Gasteiger partial charge in [-0.25, -0.2) is 8.42 Å². The van der Waals surface area contributed by atoms with Gasteiger partial charge in [-0.2, -0.15) is 0 Å². The summed E-state index contributed by atoms with van der Waals surface area (Å²) in [4.78, 5) is 27.8. The van der Waals surface area contributed by atoms with Gasteiger partial charge in [0.1, 0.15) is 12.6 Å². The van der Waals surface area contributed by atoms with Crippen LogP contribution in [0.2, 0.25) is 0 Å². The van der Waals surface area contributed by atoms with Crippen molar-refractivity contribution in [2.45, 2.75) is 53.6 Å². The second kappa shape index (κ2) is 11.3. The number of amides is 2. The van der Waals surface area contributed by atoms with Crippen molar-refractivity contribution < 1.29 is 18.0 Å². The molecule has 0 aliphatic rings. The molecule has 1 unspecified atom stereocenters. The SMILES string of the molecule is CCNC(=O)C(CC)N(Cc1ccc(C)cc1)C(=O)CN(c1ccc(C)cc1C)S(C)(=O)=O. The van der Waals surface area contributed by atoms with E-state index >= 15 is 0 Å². The molecular weight excluding hydrogens is 438 g/mol. The third-order valence-electron chi connectivity index (χ3n) is 5.51. The number of carbonyl (C=O) groups excluding carboxylic acids is 2. The minimum atomic E-state index is -3.74. The highest BCUT2D eigenvalue weighted by atomic mass is 32.2. The van der Waals surface area contributed by atoms with Gasteiger partial charge in [-0.1, -0.05) is 54.4 Å². The minimum Gasteiger partial charge on any atom is -0.355 e. The maximum atomic E-state index is 13.6. The highest BCUT2D eigenvalue weighted by Gasteiger charge is 2.31. The van der Waals surface area contributed by atoms with E-state index in [0.29, 0.717) is 18.7 Å². The van der Waals surface area contributed by atoms with Gasteiger partial charge >= 0.3 is 0 Å². The molecule has 2 aromatic carbocycles. The van der Waals surface area contributed by atoms with E-state index in [4.69, 9.17) is 0 Å². The molecule has 0 fully saturated rings. The Balaban J connectivity index is 2.45. The number of nitrogens with zero attached hydrogens (tertiary/aromatic N) is 2.